The van der Waals surface area contributed by atoms with Crippen LogP contribution in [-0.4, -0.2) is 5.78 Å². The van der Waals surface area contributed by atoms with E-state index in [1.54, 1.807) is 0 Å². The number of carbonyl (C=O) groups excluding carboxylic acids is 1. The van der Waals surface area contributed by atoms with Crippen LogP contribution < -0.4 is 0 Å². The van der Waals surface area contributed by atoms with Crippen molar-refractivity contribution in [3.05, 3.63) is 33.8 Å². The molecule has 0 amide bonds. The van der Waals surface area contributed by atoms with E-state index in [0.717, 1.165) is 15.6 Å². The van der Waals surface area contributed by atoms with Gasteiger partial charge in [0, 0.05) is 10.4 Å². The Labute approximate surface area is 102 Å². The van der Waals surface area contributed by atoms with Gasteiger partial charge in [0.15, 0.2) is 5.78 Å². The minimum Gasteiger partial charge on any atom is -0.298 e. The van der Waals surface area contributed by atoms with Gasteiger partial charge in [-0.05, 0) is 24.1 Å². The lowest BCUT2D eigenvalue weighted by Gasteiger charge is -2.08. The van der Waals surface area contributed by atoms with Crippen LogP contribution in [0.4, 0.5) is 0 Å². The molecule has 0 radical (unpaired) electrons. The van der Waals surface area contributed by atoms with Crippen molar-refractivity contribution in [1.29, 1.82) is 0 Å². The molecule has 0 aliphatic carbocycles. The van der Waals surface area contributed by atoms with Crippen molar-refractivity contribution in [2.24, 2.45) is 0 Å². The zero-order valence-electron chi connectivity index (χ0n) is 7.56. The molecule has 0 saturated heterocycles. The lowest BCUT2D eigenvalue weighted by atomic mass is 10.1. The SMILES string of the molecule is CC(=O)C(Cl)c1ccc(CCl)c(Br)c1. The number of halogens is 3. The average molecular weight is 296 g/mol. The van der Waals surface area contributed by atoms with Crippen LogP contribution in [-0.2, 0) is 10.7 Å². The highest BCUT2D eigenvalue weighted by Crippen LogP contribution is 2.27. The Balaban J connectivity index is 3.02. The number of alkyl halides is 2. The fraction of sp³-hybridized carbons (Fsp3) is 0.300. The summed E-state index contributed by atoms with van der Waals surface area (Å²) in [6, 6.07) is 5.52. The Hall–Kier alpha value is -0.0500. The van der Waals surface area contributed by atoms with E-state index >= 15 is 0 Å². The summed E-state index contributed by atoms with van der Waals surface area (Å²) in [6.07, 6.45) is 0. The van der Waals surface area contributed by atoms with Gasteiger partial charge in [-0.2, -0.15) is 0 Å². The van der Waals surface area contributed by atoms with Gasteiger partial charge in [-0.15, -0.1) is 23.2 Å². The smallest absolute Gasteiger partial charge is 0.152 e. The fourth-order valence-electron chi connectivity index (χ4n) is 1.06. The zero-order valence-corrected chi connectivity index (χ0v) is 10.7. The first kappa shape index (κ1) is 12.0. The maximum Gasteiger partial charge on any atom is 0.152 e. The van der Waals surface area contributed by atoms with E-state index in [2.05, 4.69) is 15.9 Å². The van der Waals surface area contributed by atoms with Gasteiger partial charge in [0.1, 0.15) is 5.38 Å². The van der Waals surface area contributed by atoms with Crippen molar-refractivity contribution in [2.45, 2.75) is 18.2 Å². The third kappa shape index (κ3) is 2.72. The van der Waals surface area contributed by atoms with Crippen LogP contribution in [0.15, 0.2) is 22.7 Å². The van der Waals surface area contributed by atoms with Gasteiger partial charge in [-0.3, -0.25) is 4.79 Å². The Bertz CT molecular complexity index is 352. The molecule has 1 atom stereocenters. The maximum absolute atomic E-state index is 11.0. The Kier molecular flexibility index (Phi) is 4.42. The Morgan fingerprint density at radius 1 is 1.57 bits per heavy atom. The number of hydrogen-bond donors (Lipinski definition) is 0. The molecule has 1 aromatic carbocycles. The highest BCUT2D eigenvalue weighted by atomic mass is 79.9. The van der Waals surface area contributed by atoms with Crippen molar-refractivity contribution in [1.82, 2.24) is 0 Å². The predicted molar refractivity (Wildman–Crippen MR) is 63.0 cm³/mol. The molecule has 0 fully saturated rings. The molecule has 0 spiro atoms. The molecule has 1 nitrogen and oxygen atoms in total. The second kappa shape index (κ2) is 5.15. The van der Waals surface area contributed by atoms with Crippen LogP contribution in [0.3, 0.4) is 0 Å². The van der Waals surface area contributed by atoms with Crippen LogP contribution in [0.2, 0.25) is 0 Å². The molecule has 76 valence electrons. The molecule has 0 aliphatic heterocycles. The van der Waals surface area contributed by atoms with E-state index in [0.29, 0.717) is 5.88 Å². The number of rotatable bonds is 3. The lowest BCUT2D eigenvalue weighted by molar-refractivity contribution is -0.116. The van der Waals surface area contributed by atoms with Gasteiger partial charge in [0.2, 0.25) is 0 Å². The molecule has 1 rings (SSSR count). The largest absolute Gasteiger partial charge is 0.298 e. The standard InChI is InChI=1S/C10H9BrCl2O/c1-6(14)10(13)7-2-3-8(5-12)9(11)4-7/h2-4,10H,5H2,1H3. The summed E-state index contributed by atoms with van der Waals surface area (Å²) in [7, 11) is 0. The van der Waals surface area contributed by atoms with Crippen molar-refractivity contribution >= 4 is 44.9 Å². The predicted octanol–water partition coefficient (Wildman–Crippen LogP) is 4.06. The van der Waals surface area contributed by atoms with Crippen LogP contribution in [0, 0.1) is 0 Å². The molecular formula is C10H9BrCl2O. The number of ketones is 1. The quantitative estimate of drug-likeness (QED) is 0.769. The van der Waals surface area contributed by atoms with Crippen LogP contribution in [0.25, 0.3) is 0 Å². The fourth-order valence-corrected chi connectivity index (χ4v) is 2.13. The lowest BCUT2D eigenvalue weighted by Crippen LogP contribution is -2.01. The first-order valence-corrected chi connectivity index (χ1v) is 5.81. The van der Waals surface area contributed by atoms with E-state index in [1.165, 1.54) is 6.92 Å². The minimum absolute atomic E-state index is 0.0582. The summed E-state index contributed by atoms with van der Waals surface area (Å²) in [5.41, 5.74) is 1.78. The van der Waals surface area contributed by atoms with Gasteiger partial charge < -0.3 is 0 Å². The molecule has 0 N–H and O–H groups in total. The van der Waals surface area contributed by atoms with E-state index in [-0.39, 0.29) is 5.78 Å². The highest BCUT2D eigenvalue weighted by Gasteiger charge is 2.13. The topological polar surface area (TPSA) is 17.1 Å². The molecule has 0 aliphatic rings. The average Bonchev–Trinajstić information content (AvgIpc) is 2.16. The number of Topliss-reactive ketones (excluding diaryl/α,β-unsaturated/α-hetero) is 1. The van der Waals surface area contributed by atoms with E-state index in [9.17, 15) is 4.79 Å². The summed E-state index contributed by atoms with van der Waals surface area (Å²) in [5.74, 6) is 0.380. The van der Waals surface area contributed by atoms with Gasteiger partial charge in [-0.1, -0.05) is 28.1 Å². The monoisotopic (exact) mass is 294 g/mol. The van der Waals surface area contributed by atoms with Crippen LogP contribution in [0.1, 0.15) is 23.4 Å². The Morgan fingerprint density at radius 3 is 2.64 bits per heavy atom. The molecule has 0 aromatic heterocycles. The van der Waals surface area contributed by atoms with E-state index in [1.807, 2.05) is 18.2 Å². The highest BCUT2D eigenvalue weighted by molar-refractivity contribution is 9.10. The third-order valence-electron chi connectivity index (χ3n) is 1.87. The van der Waals surface area contributed by atoms with Crippen molar-refractivity contribution in [3.63, 3.8) is 0 Å². The summed E-state index contributed by atoms with van der Waals surface area (Å²) < 4.78 is 0.886. The van der Waals surface area contributed by atoms with E-state index < -0.39 is 5.38 Å². The first-order chi connectivity index (χ1) is 6.56. The normalized spacial score (nSPS) is 12.6. The van der Waals surface area contributed by atoms with E-state index in [4.69, 9.17) is 23.2 Å². The summed E-state index contributed by atoms with van der Waals surface area (Å²) >= 11 is 15.0. The van der Waals surface area contributed by atoms with Gasteiger partial charge in [0.05, 0.1) is 0 Å². The first-order valence-electron chi connectivity index (χ1n) is 4.05. The van der Waals surface area contributed by atoms with Gasteiger partial charge >= 0.3 is 0 Å². The maximum atomic E-state index is 11.0. The molecule has 0 heterocycles. The molecule has 14 heavy (non-hydrogen) atoms. The molecule has 1 unspecified atom stereocenters. The van der Waals surface area contributed by atoms with Crippen molar-refractivity contribution < 1.29 is 4.79 Å². The van der Waals surface area contributed by atoms with Gasteiger partial charge in [-0.25, -0.2) is 0 Å². The molecule has 1 aromatic rings. The minimum atomic E-state index is -0.573. The van der Waals surface area contributed by atoms with Crippen molar-refractivity contribution in [2.75, 3.05) is 0 Å². The summed E-state index contributed by atoms with van der Waals surface area (Å²) in [6.45, 7) is 1.47. The number of carbonyl (C=O) groups is 1. The second-order valence-corrected chi connectivity index (χ2v) is 4.52. The third-order valence-corrected chi connectivity index (χ3v) is 3.46. The summed E-state index contributed by atoms with van der Waals surface area (Å²) in [4.78, 5) is 11.0. The molecule has 4 heteroatoms. The number of hydrogen-bond acceptors (Lipinski definition) is 1. The van der Waals surface area contributed by atoms with Crippen LogP contribution in [0.5, 0.6) is 0 Å². The second-order valence-electron chi connectivity index (χ2n) is 2.96. The van der Waals surface area contributed by atoms with Gasteiger partial charge in [0.25, 0.3) is 0 Å². The summed E-state index contributed by atoms with van der Waals surface area (Å²) in [5, 5.41) is -0.573. The van der Waals surface area contributed by atoms with Crippen LogP contribution >= 0.6 is 39.1 Å². The zero-order chi connectivity index (χ0) is 10.7. The van der Waals surface area contributed by atoms with Crippen molar-refractivity contribution in [3.8, 4) is 0 Å². The molecule has 0 bridgehead atoms. The molecule has 0 saturated carbocycles. The molecular weight excluding hydrogens is 287 g/mol. The Morgan fingerprint density at radius 2 is 2.21 bits per heavy atom. The number of benzene rings is 1.